The number of anilines is 1. The molecule has 0 saturated heterocycles. The van der Waals surface area contributed by atoms with E-state index in [4.69, 9.17) is 4.74 Å². The summed E-state index contributed by atoms with van der Waals surface area (Å²) in [6.45, 7) is -0.606. The predicted molar refractivity (Wildman–Crippen MR) is 76.3 cm³/mol. The fourth-order valence-corrected chi connectivity index (χ4v) is 2.16. The standard InChI is InChI=1S/C13H9FN2O5S/c14-8-3-4-9(10(6-8)16(19)20)15-12(17)7-21-13(18)11-2-1-5-22-11/h1-6H,7H2,(H,15,17). The van der Waals surface area contributed by atoms with Crippen LogP contribution in [0, 0.1) is 15.9 Å². The largest absolute Gasteiger partial charge is 0.451 e. The lowest BCUT2D eigenvalue weighted by atomic mass is 10.2. The van der Waals surface area contributed by atoms with Crippen LogP contribution in [0.25, 0.3) is 0 Å². The molecule has 0 bridgehead atoms. The van der Waals surface area contributed by atoms with Crippen molar-refractivity contribution in [1.29, 1.82) is 0 Å². The number of nitrogens with one attached hydrogen (secondary N) is 1. The van der Waals surface area contributed by atoms with E-state index in [1.54, 1.807) is 11.4 Å². The summed E-state index contributed by atoms with van der Waals surface area (Å²) in [5.74, 6) is -2.23. The second-order valence-electron chi connectivity index (χ2n) is 4.02. The van der Waals surface area contributed by atoms with Gasteiger partial charge in [-0.1, -0.05) is 6.07 Å². The normalized spacial score (nSPS) is 10.0. The molecule has 0 saturated carbocycles. The Balaban J connectivity index is 1.98. The molecule has 114 valence electrons. The Morgan fingerprint density at radius 1 is 1.36 bits per heavy atom. The number of carbonyl (C=O) groups excluding carboxylic acids is 2. The zero-order valence-electron chi connectivity index (χ0n) is 10.9. The first-order chi connectivity index (χ1) is 10.5. The van der Waals surface area contributed by atoms with Gasteiger partial charge < -0.3 is 10.1 Å². The van der Waals surface area contributed by atoms with Crippen molar-refractivity contribution in [2.24, 2.45) is 0 Å². The summed E-state index contributed by atoms with van der Waals surface area (Å²) in [6.07, 6.45) is 0. The van der Waals surface area contributed by atoms with Crippen molar-refractivity contribution in [3.8, 4) is 0 Å². The van der Waals surface area contributed by atoms with Crippen LogP contribution in [-0.4, -0.2) is 23.4 Å². The Morgan fingerprint density at radius 2 is 2.14 bits per heavy atom. The number of nitro benzene ring substituents is 1. The van der Waals surface area contributed by atoms with Gasteiger partial charge in [-0.3, -0.25) is 14.9 Å². The average molecular weight is 324 g/mol. The SMILES string of the molecule is O=C(COC(=O)c1cccs1)Nc1ccc(F)cc1[N+](=O)[O-]. The first-order valence-electron chi connectivity index (χ1n) is 5.92. The van der Waals surface area contributed by atoms with E-state index in [-0.39, 0.29) is 5.69 Å². The maximum atomic E-state index is 13.0. The third kappa shape index (κ3) is 3.85. The molecule has 1 heterocycles. The van der Waals surface area contributed by atoms with Gasteiger partial charge in [-0.05, 0) is 23.6 Å². The number of hydrogen-bond acceptors (Lipinski definition) is 6. The number of ether oxygens (including phenoxy) is 1. The minimum atomic E-state index is -0.823. The number of halogens is 1. The summed E-state index contributed by atoms with van der Waals surface area (Å²) in [6, 6.07) is 5.92. The fraction of sp³-hybridized carbons (Fsp3) is 0.0769. The molecule has 0 aliphatic carbocycles. The van der Waals surface area contributed by atoms with Crippen molar-refractivity contribution in [1.82, 2.24) is 0 Å². The quantitative estimate of drug-likeness (QED) is 0.518. The van der Waals surface area contributed by atoms with Crippen LogP contribution in [0.3, 0.4) is 0 Å². The predicted octanol–water partition coefficient (Wildman–Crippen LogP) is 2.59. The molecule has 0 radical (unpaired) electrons. The van der Waals surface area contributed by atoms with Gasteiger partial charge in [0.15, 0.2) is 6.61 Å². The van der Waals surface area contributed by atoms with E-state index < -0.39 is 34.9 Å². The van der Waals surface area contributed by atoms with E-state index in [0.717, 1.165) is 23.5 Å². The van der Waals surface area contributed by atoms with Crippen molar-refractivity contribution >= 4 is 34.6 Å². The number of hydrogen-bond donors (Lipinski definition) is 1. The Labute approximate surface area is 127 Å². The van der Waals surface area contributed by atoms with E-state index in [9.17, 15) is 24.1 Å². The monoisotopic (exact) mass is 324 g/mol. The summed E-state index contributed by atoms with van der Waals surface area (Å²) in [7, 11) is 0. The molecule has 9 heteroatoms. The molecule has 1 amide bonds. The summed E-state index contributed by atoms with van der Waals surface area (Å²) in [5, 5.41) is 14.7. The number of nitrogens with zero attached hydrogens (tertiary/aromatic N) is 1. The minimum Gasteiger partial charge on any atom is -0.451 e. The van der Waals surface area contributed by atoms with Crippen LogP contribution in [0.5, 0.6) is 0 Å². The molecule has 0 unspecified atom stereocenters. The number of nitro groups is 1. The molecule has 1 aromatic carbocycles. The lowest BCUT2D eigenvalue weighted by molar-refractivity contribution is -0.384. The topological polar surface area (TPSA) is 98.5 Å². The highest BCUT2D eigenvalue weighted by molar-refractivity contribution is 7.11. The zero-order chi connectivity index (χ0) is 16.1. The molecular formula is C13H9FN2O5S. The summed E-state index contributed by atoms with van der Waals surface area (Å²) < 4.78 is 17.7. The first-order valence-corrected chi connectivity index (χ1v) is 6.80. The van der Waals surface area contributed by atoms with Gasteiger partial charge in [0.05, 0.1) is 11.0 Å². The molecule has 22 heavy (non-hydrogen) atoms. The number of esters is 1. The van der Waals surface area contributed by atoms with Crippen LogP contribution < -0.4 is 5.32 Å². The third-order valence-electron chi connectivity index (χ3n) is 2.49. The Hall–Kier alpha value is -2.81. The van der Waals surface area contributed by atoms with Crippen LogP contribution in [0.15, 0.2) is 35.7 Å². The van der Waals surface area contributed by atoms with E-state index in [1.165, 1.54) is 6.07 Å². The van der Waals surface area contributed by atoms with Crippen LogP contribution in [-0.2, 0) is 9.53 Å². The molecule has 0 aliphatic rings. The number of thiophene rings is 1. The second-order valence-corrected chi connectivity index (χ2v) is 4.97. The number of benzene rings is 1. The van der Waals surface area contributed by atoms with Crippen molar-refractivity contribution in [2.45, 2.75) is 0 Å². The van der Waals surface area contributed by atoms with E-state index in [0.29, 0.717) is 10.9 Å². The number of rotatable bonds is 5. The Morgan fingerprint density at radius 3 is 2.77 bits per heavy atom. The van der Waals surface area contributed by atoms with Crippen molar-refractivity contribution in [3.05, 3.63) is 56.5 Å². The van der Waals surface area contributed by atoms with Crippen LogP contribution in [0.2, 0.25) is 0 Å². The lowest BCUT2D eigenvalue weighted by Gasteiger charge is -2.06. The molecule has 0 fully saturated rings. The number of carbonyl (C=O) groups is 2. The van der Waals surface area contributed by atoms with Crippen LogP contribution in [0.1, 0.15) is 9.67 Å². The highest BCUT2D eigenvalue weighted by Gasteiger charge is 2.18. The van der Waals surface area contributed by atoms with Crippen molar-refractivity contribution in [3.63, 3.8) is 0 Å². The minimum absolute atomic E-state index is 0.177. The molecule has 1 aromatic heterocycles. The smallest absolute Gasteiger partial charge is 0.348 e. The average Bonchev–Trinajstić information content (AvgIpc) is 3.00. The summed E-state index contributed by atoms with van der Waals surface area (Å²) in [4.78, 5) is 33.5. The van der Waals surface area contributed by atoms with Gasteiger partial charge in [-0.15, -0.1) is 11.3 Å². The number of amides is 1. The molecule has 0 atom stereocenters. The highest BCUT2D eigenvalue weighted by atomic mass is 32.1. The Bertz CT molecular complexity index is 717. The molecule has 1 N–H and O–H groups in total. The molecule has 0 spiro atoms. The van der Waals surface area contributed by atoms with Gasteiger partial charge in [-0.2, -0.15) is 0 Å². The third-order valence-corrected chi connectivity index (χ3v) is 3.34. The van der Waals surface area contributed by atoms with Gasteiger partial charge in [0, 0.05) is 0 Å². The van der Waals surface area contributed by atoms with E-state index >= 15 is 0 Å². The molecule has 2 rings (SSSR count). The van der Waals surface area contributed by atoms with Gasteiger partial charge >= 0.3 is 5.97 Å². The Kier molecular flexibility index (Phi) is 4.79. The summed E-state index contributed by atoms with van der Waals surface area (Å²) in [5.41, 5.74) is -0.762. The molecule has 0 aliphatic heterocycles. The molecule has 7 nitrogen and oxygen atoms in total. The summed E-state index contributed by atoms with van der Waals surface area (Å²) >= 11 is 1.16. The lowest BCUT2D eigenvalue weighted by Crippen LogP contribution is -2.21. The van der Waals surface area contributed by atoms with Crippen molar-refractivity contribution in [2.75, 3.05) is 11.9 Å². The van der Waals surface area contributed by atoms with Gasteiger partial charge in [0.1, 0.15) is 16.4 Å². The van der Waals surface area contributed by atoms with Crippen LogP contribution >= 0.6 is 11.3 Å². The fourth-order valence-electron chi connectivity index (χ4n) is 1.54. The van der Waals surface area contributed by atoms with Crippen molar-refractivity contribution < 1.29 is 23.6 Å². The maximum absolute atomic E-state index is 13.0. The van der Waals surface area contributed by atoms with E-state index in [1.807, 2.05) is 0 Å². The van der Waals surface area contributed by atoms with Gasteiger partial charge in [0.25, 0.3) is 11.6 Å². The van der Waals surface area contributed by atoms with Gasteiger partial charge in [0.2, 0.25) is 0 Å². The van der Waals surface area contributed by atoms with Crippen LogP contribution in [0.4, 0.5) is 15.8 Å². The maximum Gasteiger partial charge on any atom is 0.348 e. The second kappa shape index (κ2) is 6.76. The molecule has 2 aromatic rings. The molecular weight excluding hydrogens is 315 g/mol. The zero-order valence-corrected chi connectivity index (χ0v) is 11.8. The van der Waals surface area contributed by atoms with Gasteiger partial charge in [-0.25, -0.2) is 9.18 Å². The highest BCUT2D eigenvalue weighted by Crippen LogP contribution is 2.24. The first kappa shape index (κ1) is 15.6. The van der Waals surface area contributed by atoms with E-state index in [2.05, 4.69) is 5.32 Å².